The highest BCUT2D eigenvalue weighted by molar-refractivity contribution is 7.13. The van der Waals surface area contributed by atoms with E-state index in [4.69, 9.17) is 0 Å². The molecule has 3 rings (SSSR count). The smallest absolute Gasteiger partial charge is 0.271 e. The van der Waals surface area contributed by atoms with Crippen molar-refractivity contribution in [3.8, 4) is 0 Å². The SMILES string of the molecule is O=C(CN1CCN(C(=O)c2ccn[nH]2)CC1)Nc1nncs1. The molecule has 2 N–H and O–H groups in total. The Balaban J connectivity index is 1.45. The van der Waals surface area contributed by atoms with E-state index in [1.165, 1.54) is 11.3 Å². The van der Waals surface area contributed by atoms with Crippen LogP contribution in [0.15, 0.2) is 17.8 Å². The largest absolute Gasteiger partial charge is 0.335 e. The van der Waals surface area contributed by atoms with E-state index in [2.05, 4.69) is 25.7 Å². The number of amides is 2. The maximum absolute atomic E-state index is 12.1. The lowest BCUT2D eigenvalue weighted by atomic mass is 10.2. The molecule has 0 radical (unpaired) electrons. The maximum atomic E-state index is 12.1. The van der Waals surface area contributed by atoms with Crippen molar-refractivity contribution in [2.45, 2.75) is 0 Å². The van der Waals surface area contributed by atoms with Crippen molar-refractivity contribution in [1.29, 1.82) is 0 Å². The van der Waals surface area contributed by atoms with Gasteiger partial charge in [-0.2, -0.15) is 5.10 Å². The van der Waals surface area contributed by atoms with Crippen molar-refractivity contribution >= 4 is 28.3 Å². The van der Waals surface area contributed by atoms with E-state index in [1.54, 1.807) is 22.7 Å². The molecule has 0 saturated carbocycles. The van der Waals surface area contributed by atoms with E-state index < -0.39 is 0 Å². The molecule has 0 aliphatic carbocycles. The Kier molecular flexibility index (Phi) is 4.39. The number of anilines is 1. The van der Waals surface area contributed by atoms with Gasteiger partial charge >= 0.3 is 0 Å². The first-order valence-corrected chi connectivity index (χ1v) is 7.67. The van der Waals surface area contributed by atoms with Crippen molar-refractivity contribution in [3.63, 3.8) is 0 Å². The molecule has 1 saturated heterocycles. The van der Waals surface area contributed by atoms with Crippen LogP contribution < -0.4 is 5.32 Å². The number of nitrogens with one attached hydrogen (secondary N) is 2. The predicted molar refractivity (Wildman–Crippen MR) is 79.5 cm³/mol. The van der Waals surface area contributed by atoms with Gasteiger partial charge < -0.3 is 4.90 Å². The fraction of sp³-hybridized carbons (Fsp3) is 0.417. The van der Waals surface area contributed by atoms with Crippen LogP contribution >= 0.6 is 11.3 Å². The zero-order chi connectivity index (χ0) is 15.4. The van der Waals surface area contributed by atoms with Gasteiger partial charge in [0, 0.05) is 32.4 Å². The number of aromatic amines is 1. The van der Waals surface area contributed by atoms with Crippen molar-refractivity contribution in [1.82, 2.24) is 30.2 Å². The molecule has 9 nitrogen and oxygen atoms in total. The number of aromatic nitrogens is 4. The lowest BCUT2D eigenvalue weighted by molar-refractivity contribution is -0.117. The van der Waals surface area contributed by atoms with Crippen LogP contribution in [0, 0.1) is 0 Å². The predicted octanol–water partition coefficient (Wildman–Crippen LogP) is -0.342. The van der Waals surface area contributed by atoms with Gasteiger partial charge in [0.15, 0.2) is 0 Å². The zero-order valence-corrected chi connectivity index (χ0v) is 12.5. The first-order valence-electron chi connectivity index (χ1n) is 6.79. The molecule has 2 amide bonds. The van der Waals surface area contributed by atoms with E-state index >= 15 is 0 Å². The Morgan fingerprint density at radius 3 is 2.77 bits per heavy atom. The Labute approximate surface area is 130 Å². The van der Waals surface area contributed by atoms with E-state index in [0.717, 1.165) is 0 Å². The van der Waals surface area contributed by atoms with Crippen LogP contribution in [0.4, 0.5) is 5.13 Å². The van der Waals surface area contributed by atoms with Gasteiger partial charge in [-0.05, 0) is 6.07 Å². The standard InChI is InChI=1S/C12H15N7O2S/c20-10(15-12-17-14-8-22-12)7-18-3-5-19(6-4-18)11(21)9-1-2-13-16-9/h1-2,8H,3-7H2,(H,13,16)(H,15,17,20). The summed E-state index contributed by atoms with van der Waals surface area (Å²) in [7, 11) is 0. The molecule has 10 heteroatoms. The molecule has 3 heterocycles. The van der Waals surface area contributed by atoms with Gasteiger partial charge in [0.25, 0.3) is 5.91 Å². The van der Waals surface area contributed by atoms with Crippen molar-refractivity contribution in [2.75, 3.05) is 38.0 Å². The molecule has 2 aromatic heterocycles. The van der Waals surface area contributed by atoms with Gasteiger partial charge in [0.2, 0.25) is 11.0 Å². The molecule has 1 aliphatic rings. The fourth-order valence-electron chi connectivity index (χ4n) is 2.24. The van der Waals surface area contributed by atoms with Gasteiger partial charge in [-0.3, -0.25) is 24.9 Å². The lowest BCUT2D eigenvalue weighted by Crippen LogP contribution is -2.50. The third-order valence-electron chi connectivity index (χ3n) is 3.36. The van der Waals surface area contributed by atoms with Gasteiger partial charge in [0.05, 0.1) is 6.54 Å². The van der Waals surface area contributed by atoms with Gasteiger partial charge in [0.1, 0.15) is 11.2 Å². The highest BCUT2D eigenvalue weighted by atomic mass is 32.1. The average molecular weight is 321 g/mol. The number of H-pyrrole nitrogens is 1. The number of carbonyl (C=O) groups is 2. The number of rotatable bonds is 4. The van der Waals surface area contributed by atoms with Crippen molar-refractivity contribution in [2.24, 2.45) is 0 Å². The summed E-state index contributed by atoms with van der Waals surface area (Å²) in [5.74, 6) is -0.180. The van der Waals surface area contributed by atoms with E-state index in [-0.39, 0.29) is 18.4 Å². The highest BCUT2D eigenvalue weighted by Gasteiger charge is 2.24. The van der Waals surface area contributed by atoms with E-state index in [1.807, 2.05) is 4.90 Å². The molecule has 0 atom stereocenters. The molecule has 0 aromatic carbocycles. The van der Waals surface area contributed by atoms with Gasteiger partial charge in [-0.15, -0.1) is 10.2 Å². The summed E-state index contributed by atoms with van der Waals surface area (Å²) >= 11 is 1.28. The second-order valence-corrected chi connectivity index (χ2v) is 5.66. The first kappa shape index (κ1) is 14.6. The molecule has 1 aliphatic heterocycles. The molecule has 1 fully saturated rings. The Morgan fingerprint density at radius 2 is 2.14 bits per heavy atom. The summed E-state index contributed by atoms with van der Waals surface area (Å²) in [6.07, 6.45) is 1.56. The van der Waals surface area contributed by atoms with Crippen LogP contribution in [0.25, 0.3) is 0 Å². The highest BCUT2D eigenvalue weighted by Crippen LogP contribution is 2.09. The second-order valence-electron chi connectivity index (χ2n) is 4.83. The van der Waals surface area contributed by atoms with Crippen LogP contribution in [-0.2, 0) is 4.79 Å². The molecule has 116 valence electrons. The Morgan fingerprint density at radius 1 is 1.32 bits per heavy atom. The third-order valence-corrected chi connectivity index (χ3v) is 3.97. The van der Waals surface area contributed by atoms with E-state index in [9.17, 15) is 9.59 Å². The van der Waals surface area contributed by atoms with Gasteiger partial charge in [-0.25, -0.2) is 0 Å². The minimum Gasteiger partial charge on any atom is -0.335 e. The Bertz CT molecular complexity index is 620. The number of hydrogen-bond acceptors (Lipinski definition) is 7. The monoisotopic (exact) mass is 321 g/mol. The van der Waals surface area contributed by atoms with Crippen molar-refractivity contribution in [3.05, 3.63) is 23.5 Å². The van der Waals surface area contributed by atoms with Crippen LogP contribution in [0.3, 0.4) is 0 Å². The number of nitrogens with zero attached hydrogens (tertiary/aromatic N) is 5. The minimum absolute atomic E-state index is 0.0598. The first-order chi connectivity index (χ1) is 10.7. The minimum atomic E-state index is -0.120. The number of hydrogen-bond donors (Lipinski definition) is 2. The lowest BCUT2D eigenvalue weighted by Gasteiger charge is -2.33. The van der Waals surface area contributed by atoms with Crippen LogP contribution in [0.5, 0.6) is 0 Å². The molecule has 0 unspecified atom stereocenters. The molecule has 0 spiro atoms. The summed E-state index contributed by atoms with van der Waals surface area (Å²) < 4.78 is 0. The molecule has 0 bridgehead atoms. The van der Waals surface area contributed by atoms with Gasteiger partial charge in [-0.1, -0.05) is 11.3 Å². The zero-order valence-electron chi connectivity index (χ0n) is 11.7. The number of piperazine rings is 1. The fourth-order valence-corrected chi connectivity index (χ4v) is 2.70. The normalized spacial score (nSPS) is 15.7. The average Bonchev–Trinajstić information content (AvgIpc) is 3.20. The van der Waals surface area contributed by atoms with Crippen molar-refractivity contribution < 1.29 is 9.59 Å². The molecular weight excluding hydrogens is 306 g/mol. The maximum Gasteiger partial charge on any atom is 0.271 e. The summed E-state index contributed by atoms with van der Waals surface area (Å²) in [5.41, 5.74) is 2.05. The topological polar surface area (TPSA) is 107 Å². The summed E-state index contributed by atoms with van der Waals surface area (Å²) in [5, 5.41) is 17.1. The quantitative estimate of drug-likeness (QED) is 0.797. The van der Waals surface area contributed by atoms with Crippen LogP contribution in [-0.4, -0.2) is 74.7 Å². The molecular formula is C12H15N7O2S. The molecule has 2 aromatic rings. The summed E-state index contributed by atoms with van der Waals surface area (Å²) in [6, 6.07) is 1.66. The van der Waals surface area contributed by atoms with Crippen LogP contribution in [0.1, 0.15) is 10.5 Å². The Hall–Kier alpha value is -2.33. The van der Waals surface area contributed by atoms with E-state index in [0.29, 0.717) is 37.0 Å². The van der Waals surface area contributed by atoms with Crippen LogP contribution in [0.2, 0.25) is 0 Å². The summed E-state index contributed by atoms with van der Waals surface area (Å²) in [6.45, 7) is 2.77. The molecule has 22 heavy (non-hydrogen) atoms. The third kappa shape index (κ3) is 3.46. The summed E-state index contributed by atoms with van der Waals surface area (Å²) in [4.78, 5) is 27.8. The number of carbonyl (C=O) groups excluding carboxylic acids is 2. The second kappa shape index (κ2) is 6.62.